The summed E-state index contributed by atoms with van der Waals surface area (Å²) in [5.41, 5.74) is 1.01. The van der Waals surface area contributed by atoms with Gasteiger partial charge in [0.1, 0.15) is 5.75 Å². The van der Waals surface area contributed by atoms with Crippen molar-refractivity contribution in [2.75, 3.05) is 6.79 Å². The monoisotopic (exact) mass is 216 g/mol. The number of hydrogen-bond acceptors (Lipinski definition) is 2. The molecule has 2 nitrogen and oxygen atoms in total. The van der Waals surface area contributed by atoms with Gasteiger partial charge < -0.3 is 9.84 Å². The van der Waals surface area contributed by atoms with Crippen molar-refractivity contribution in [3.8, 4) is 5.75 Å². The summed E-state index contributed by atoms with van der Waals surface area (Å²) < 4.78 is 5.94. The van der Waals surface area contributed by atoms with Crippen LogP contribution in [0, 0.1) is 6.92 Å². The molecule has 0 radical (unpaired) electrons. The normalized spacial score (nSPS) is 9.73. The van der Waals surface area contributed by atoms with E-state index in [1.807, 2.05) is 25.1 Å². The Morgan fingerprint density at radius 1 is 1.55 bits per heavy atom. The summed E-state index contributed by atoms with van der Waals surface area (Å²) in [5, 5.41) is 8.48. The fourth-order valence-corrected chi connectivity index (χ4v) is 1.32. The first-order valence-electron chi connectivity index (χ1n) is 3.24. The highest BCUT2D eigenvalue weighted by Crippen LogP contribution is 2.21. The number of aliphatic hydroxyl groups excluding tert-OH is 1. The summed E-state index contributed by atoms with van der Waals surface area (Å²) in [6, 6.07) is 5.62. The SMILES string of the molecule is Cc1cc(Br)ccc1OCO. The first-order chi connectivity index (χ1) is 5.24. The fraction of sp³-hybridized carbons (Fsp3) is 0.250. The van der Waals surface area contributed by atoms with Crippen LogP contribution in [0.1, 0.15) is 5.56 Å². The number of hydrogen-bond donors (Lipinski definition) is 1. The molecule has 0 atom stereocenters. The van der Waals surface area contributed by atoms with Gasteiger partial charge in [-0.15, -0.1) is 0 Å². The lowest BCUT2D eigenvalue weighted by atomic mass is 10.2. The molecule has 0 unspecified atom stereocenters. The van der Waals surface area contributed by atoms with Crippen LogP contribution in [0.3, 0.4) is 0 Å². The Labute approximate surface area is 73.9 Å². The zero-order valence-electron chi connectivity index (χ0n) is 6.17. The Hall–Kier alpha value is -0.540. The maximum absolute atomic E-state index is 8.48. The van der Waals surface area contributed by atoms with Crippen LogP contribution < -0.4 is 4.74 Å². The van der Waals surface area contributed by atoms with E-state index in [4.69, 9.17) is 9.84 Å². The predicted molar refractivity (Wildman–Crippen MR) is 46.6 cm³/mol. The van der Waals surface area contributed by atoms with Crippen LogP contribution in [0.15, 0.2) is 22.7 Å². The van der Waals surface area contributed by atoms with Crippen molar-refractivity contribution in [3.63, 3.8) is 0 Å². The van der Waals surface area contributed by atoms with Crippen LogP contribution in [-0.4, -0.2) is 11.9 Å². The molecule has 1 N–H and O–H groups in total. The van der Waals surface area contributed by atoms with Crippen molar-refractivity contribution in [3.05, 3.63) is 28.2 Å². The number of benzene rings is 1. The van der Waals surface area contributed by atoms with Crippen molar-refractivity contribution in [2.45, 2.75) is 6.92 Å². The van der Waals surface area contributed by atoms with Crippen LogP contribution in [0.5, 0.6) is 5.75 Å². The second-order valence-electron chi connectivity index (χ2n) is 2.18. The minimum absolute atomic E-state index is 0.275. The summed E-state index contributed by atoms with van der Waals surface area (Å²) in [7, 11) is 0. The van der Waals surface area contributed by atoms with Gasteiger partial charge in [0, 0.05) is 4.47 Å². The largest absolute Gasteiger partial charge is 0.467 e. The summed E-state index contributed by atoms with van der Waals surface area (Å²) in [6.07, 6.45) is 0. The molecule has 0 aromatic heterocycles. The van der Waals surface area contributed by atoms with E-state index in [2.05, 4.69) is 15.9 Å². The lowest BCUT2D eigenvalue weighted by Crippen LogP contribution is -1.95. The number of aryl methyl sites for hydroxylation is 1. The lowest BCUT2D eigenvalue weighted by Gasteiger charge is -2.05. The number of halogens is 1. The quantitative estimate of drug-likeness (QED) is 0.768. The average molecular weight is 217 g/mol. The van der Waals surface area contributed by atoms with Gasteiger partial charge in [0.25, 0.3) is 0 Å². The Balaban J connectivity index is 2.90. The second kappa shape index (κ2) is 3.74. The Morgan fingerprint density at radius 2 is 2.27 bits per heavy atom. The van der Waals surface area contributed by atoms with Crippen LogP contribution >= 0.6 is 15.9 Å². The third kappa shape index (κ3) is 2.20. The molecule has 0 fully saturated rings. The summed E-state index contributed by atoms with van der Waals surface area (Å²) in [6.45, 7) is 1.65. The third-order valence-corrected chi connectivity index (χ3v) is 1.85. The van der Waals surface area contributed by atoms with E-state index in [9.17, 15) is 0 Å². The maximum atomic E-state index is 8.48. The highest BCUT2D eigenvalue weighted by Gasteiger charge is 1.97. The molecule has 1 aromatic rings. The molecule has 0 aliphatic rings. The molecular formula is C8H9BrO2. The zero-order chi connectivity index (χ0) is 8.27. The molecular weight excluding hydrogens is 208 g/mol. The molecule has 0 heterocycles. The van der Waals surface area contributed by atoms with Gasteiger partial charge in [-0.2, -0.15) is 0 Å². The van der Waals surface area contributed by atoms with Crippen molar-refractivity contribution in [2.24, 2.45) is 0 Å². The van der Waals surface area contributed by atoms with Crippen molar-refractivity contribution in [1.82, 2.24) is 0 Å². The molecule has 0 aliphatic heterocycles. The molecule has 0 aliphatic carbocycles. The van der Waals surface area contributed by atoms with Crippen LogP contribution in [0.25, 0.3) is 0 Å². The standard InChI is InChI=1S/C8H9BrO2/c1-6-4-7(9)2-3-8(6)11-5-10/h2-4,10H,5H2,1H3. The minimum atomic E-state index is -0.275. The molecule has 11 heavy (non-hydrogen) atoms. The molecule has 0 bridgehead atoms. The first kappa shape index (κ1) is 8.56. The van der Waals surface area contributed by atoms with Gasteiger partial charge in [0.05, 0.1) is 0 Å². The van der Waals surface area contributed by atoms with E-state index < -0.39 is 0 Å². The fourth-order valence-electron chi connectivity index (χ4n) is 0.844. The Morgan fingerprint density at radius 3 is 2.82 bits per heavy atom. The van der Waals surface area contributed by atoms with Gasteiger partial charge in [0.15, 0.2) is 6.79 Å². The highest BCUT2D eigenvalue weighted by molar-refractivity contribution is 9.10. The molecule has 3 heteroatoms. The molecule has 0 amide bonds. The first-order valence-corrected chi connectivity index (χ1v) is 4.03. The van der Waals surface area contributed by atoms with Crippen LogP contribution in [-0.2, 0) is 0 Å². The Bertz CT molecular complexity index is 248. The molecule has 60 valence electrons. The van der Waals surface area contributed by atoms with Gasteiger partial charge >= 0.3 is 0 Å². The number of rotatable bonds is 2. The lowest BCUT2D eigenvalue weighted by molar-refractivity contribution is 0.0978. The van der Waals surface area contributed by atoms with E-state index in [1.165, 1.54) is 0 Å². The van der Waals surface area contributed by atoms with Gasteiger partial charge in [-0.05, 0) is 30.7 Å². The Kier molecular flexibility index (Phi) is 2.91. The van der Waals surface area contributed by atoms with Crippen molar-refractivity contribution >= 4 is 15.9 Å². The van der Waals surface area contributed by atoms with E-state index in [-0.39, 0.29) is 6.79 Å². The third-order valence-electron chi connectivity index (χ3n) is 1.36. The highest BCUT2D eigenvalue weighted by atomic mass is 79.9. The van der Waals surface area contributed by atoms with E-state index in [0.29, 0.717) is 0 Å². The molecule has 1 aromatic carbocycles. The minimum Gasteiger partial charge on any atom is -0.467 e. The average Bonchev–Trinajstić information content (AvgIpc) is 1.95. The van der Waals surface area contributed by atoms with E-state index in [1.54, 1.807) is 0 Å². The number of ether oxygens (including phenoxy) is 1. The van der Waals surface area contributed by atoms with Gasteiger partial charge in [-0.3, -0.25) is 0 Å². The summed E-state index contributed by atoms with van der Waals surface area (Å²) >= 11 is 3.33. The smallest absolute Gasteiger partial charge is 0.186 e. The molecule has 1 rings (SSSR count). The molecule has 0 saturated carbocycles. The van der Waals surface area contributed by atoms with E-state index in [0.717, 1.165) is 15.8 Å². The summed E-state index contributed by atoms with van der Waals surface area (Å²) in [4.78, 5) is 0. The van der Waals surface area contributed by atoms with Crippen molar-refractivity contribution in [1.29, 1.82) is 0 Å². The van der Waals surface area contributed by atoms with Crippen LogP contribution in [0.4, 0.5) is 0 Å². The summed E-state index contributed by atoms with van der Waals surface area (Å²) in [5.74, 6) is 0.718. The maximum Gasteiger partial charge on any atom is 0.186 e. The zero-order valence-corrected chi connectivity index (χ0v) is 7.76. The number of aliphatic hydroxyl groups is 1. The van der Waals surface area contributed by atoms with Gasteiger partial charge in [-0.1, -0.05) is 15.9 Å². The van der Waals surface area contributed by atoms with Crippen LogP contribution in [0.2, 0.25) is 0 Å². The molecule has 0 spiro atoms. The molecule has 0 saturated heterocycles. The topological polar surface area (TPSA) is 29.5 Å². The van der Waals surface area contributed by atoms with Crippen molar-refractivity contribution < 1.29 is 9.84 Å². The van der Waals surface area contributed by atoms with Gasteiger partial charge in [0.2, 0.25) is 0 Å². The van der Waals surface area contributed by atoms with Gasteiger partial charge in [-0.25, -0.2) is 0 Å². The predicted octanol–water partition coefficient (Wildman–Crippen LogP) is 2.09. The van der Waals surface area contributed by atoms with E-state index >= 15 is 0 Å². The second-order valence-corrected chi connectivity index (χ2v) is 3.10.